The van der Waals surface area contributed by atoms with Crippen LogP contribution in [0, 0.1) is 0 Å². The van der Waals surface area contributed by atoms with Crippen molar-refractivity contribution in [2.24, 2.45) is 0 Å². The topological polar surface area (TPSA) is 50.8 Å². The molecule has 0 unspecified atom stereocenters. The summed E-state index contributed by atoms with van der Waals surface area (Å²) in [5, 5.41) is 3.15. The summed E-state index contributed by atoms with van der Waals surface area (Å²) in [6, 6.07) is 5.70. The summed E-state index contributed by atoms with van der Waals surface area (Å²) in [7, 11) is 0. The zero-order chi connectivity index (χ0) is 13.1. The van der Waals surface area contributed by atoms with Crippen molar-refractivity contribution in [3.63, 3.8) is 0 Å². The van der Waals surface area contributed by atoms with Crippen LogP contribution in [-0.2, 0) is 4.79 Å². The van der Waals surface area contributed by atoms with Crippen molar-refractivity contribution in [3.8, 4) is 11.5 Å². The fourth-order valence-electron chi connectivity index (χ4n) is 2.41. The van der Waals surface area contributed by atoms with E-state index in [9.17, 15) is 4.79 Å². The normalized spacial score (nSPS) is 19.8. The summed E-state index contributed by atoms with van der Waals surface area (Å²) in [5.41, 5.74) is 0.887. The largest absolute Gasteiger partial charge is 0.486 e. The van der Waals surface area contributed by atoms with Gasteiger partial charge in [0.1, 0.15) is 13.2 Å². The second-order valence-corrected chi connectivity index (χ2v) is 4.76. The molecular formula is C14H18N2O3. The number of amides is 1. The number of nitrogens with one attached hydrogen (secondary N) is 1. The van der Waals surface area contributed by atoms with E-state index in [1.807, 2.05) is 23.1 Å². The lowest BCUT2D eigenvalue weighted by Gasteiger charge is -2.27. The Labute approximate surface area is 112 Å². The van der Waals surface area contributed by atoms with E-state index < -0.39 is 0 Å². The van der Waals surface area contributed by atoms with Crippen LogP contribution in [0.25, 0.3) is 0 Å². The van der Waals surface area contributed by atoms with E-state index in [0.29, 0.717) is 19.8 Å². The lowest BCUT2D eigenvalue weighted by Crippen LogP contribution is -2.41. The molecule has 0 aliphatic carbocycles. The molecule has 5 nitrogen and oxygen atoms in total. The number of carbonyl (C=O) groups excluding carboxylic acids is 1. The number of rotatable bonds is 1. The molecule has 0 bridgehead atoms. The summed E-state index contributed by atoms with van der Waals surface area (Å²) < 4.78 is 11.1. The molecule has 1 aromatic rings. The summed E-state index contributed by atoms with van der Waals surface area (Å²) in [6.45, 7) is 3.22. The van der Waals surface area contributed by atoms with Crippen LogP contribution in [0.1, 0.15) is 12.8 Å². The number of fused-ring (bicyclic) bond motifs is 1. The quantitative estimate of drug-likeness (QED) is 0.825. The van der Waals surface area contributed by atoms with E-state index in [1.165, 1.54) is 0 Å². The molecule has 3 rings (SSSR count). The van der Waals surface area contributed by atoms with Gasteiger partial charge in [0.25, 0.3) is 0 Å². The Morgan fingerprint density at radius 2 is 1.95 bits per heavy atom. The number of nitrogens with zero attached hydrogens (tertiary/aromatic N) is 1. The maximum atomic E-state index is 12.1. The molecule has 0 saturated carbocycles. The van der Waals surface area contributed by atoms with Crippen molar-refractivity contribution < 1.29 is 14.3 Å². The van der Waals surface area contributed by atoms with Crippen LogP contribution in [-0.4, -0.2) is 38.8 Å². The fourth-order valence-corrected chi connectivity index (χ4v) is 2.41. The van der Waals surface area contributed by atoms with Gasteiger partial charge in [-0.25, -0.2) is 0 Å². The van der Waals surface area contributed by atoms with Gasteiger partial charge in [0.05, 0.1) is 6.54 Å². The van der Waals surface area contributed by atoms with Crippen LogP contribution in [0.3, 0.4) is 0 Å². The summed E-state index contributed by atoms with van der Waals surface area (Å²) in [4.78, 5) is 14.0. The first-order chi connectivity index (χ1) is 9.34. The molecule has 1 aromatic carbocycles. The average molecular weight is 262 g/mol. The zero-order valence-electron chi connectivity index (χ0n) is 10.9. The van der Waals surface area contributed by atoms with Gasteiger partial charge in [-0.15, -0.1) is 0 Å². The first kappa shape index (κ1) is 12.3. The molecular weight excluding hydrogens is 244 g/mol. The maximum absolute atomic E-state index is 12.1. The van der Waals surface area contributed by atoms with Crippen molar-refractivity contribution >= 4 is 11.6 Å². The van der Waals surface area contributed by atoms with E-state index in [4.69, 9.17) is 9.47 Å². The Morgan fingerprint density at radius 3 is 2.84 bits per heavy atom. The molecule has 1 fully saturated rings. The first-order valence-corrected chi connectivity index (χ1v) is 6.75. The molecule has 102 valence electrons. The molecule has 0 spiro atoms. The first-order valence-electron chi connectivity index (χ1n) is 6.75. The molecule has 1 saturated heterocycles. The molecule has 2 heterocycles. The minimum atomic E-state index is 0.108. The van der Waals surface area contributed by atoms with Gasteiger partial charge in [0.2, 0.25) is 5.91 Å². The smallest absolute Gasteiger partial charge is 0.240 e. The highest BCUT2D eigenvalue weighted by molar-refractivity contribution is 5.95. The Balaban J connectivity index is 1.84. The van der Waals surface area contributed by atoms with Crippen molar-refractivity contribution in [2.45, 2.75) is 12.8 Å². The zero-order valence-corrected chi connectivity index (χ0v) is 10.9. The summed E-state index contributed by atoms with van der Waals surface area (Å²) in [6.07, 6.45) is 2.10. The van der Waals surface area contributed by atoms with Crippen LogP contribution in [0.2, 0.25) is 0 Å². The second kappa shape index (κ2) is 5.48. The van der Waals surface area contributed by atoms with Gasteiger partial charge in [-0.3, -0.25) is 4.79 Å². The minimum Gasteiger partial charge on any atom is -0.486 e. The highest BCUT2D eigenvalue weighted by Gasteiger charge is 2.20. The number of ether oxygens (including phenoxy) is 2. The molecule has 2 aliphatic rings. The molecule has 1 amide bonds. The SMILES string of the molecule is O=C1CNCCCCN1c1ccc2c(c1)OCCO2. The maximum Gasteiger partial charge on any atom is 0.240 e. The lowest BCUT2D eigenvalue weighted by molar-refractivity contribution is -0.118. The van der Waals surface area contributed by atoms with Crippen LogP contribution < -0.4 is 19.7 Å². The van der Waals surface area contributed by atoms with Gasteiger partial charge < -0.3 is 19.7 Å². The van der Waals surface area contributed by atoms with E-state index >= 15 is 0 Å². The summed E-state index contributed by atoms with van der Waals surface area (Å²) >= 11 is 0. The number of carbonyl (C=O) groups is 1. The predicted molar refractivity (Wildman–Crippen MR) is 71.9 cm³/mol. The minimum absolute atomic E-state index is 0.108. The fraction of sp³-hybridized carbons (Fsp3) is 0.500. The standard InChI is InChI=1S/C14H18N2O3/c17-14-10-15-5-1-2-6-16(14)11-3-4-12-13(9-11)19-8-7-18-12/h3-4,9,15H,1-2,5-8,10H2. The molecule has 19 heavy (non-hydrogen) atoms. The van der Waals surface area contributed by atoms with Gasteiger partial charge >= 0.3 is 0 Å². The Kier molecular flexibility index (Phi) is 3.55. The number of hydrogen-bond donors (Lipinski definition) is 1. The van der Waals surface area contributed by atoms with Crippen LogP contribution in [0.5, 0.6) is 11.5 Å². The molecule has 0 radical (unpaired) electrons. The van der Waals surface area contributed by atoms with E-state index in [1.54, 1.807) is 0 Å². The molecule has 2 aliphatic heterocycles. The third-order valence-corrected chi connectivity index (χ3v) is 3.40. The van der Waals surface area contributed by atoms with Gasteiger partial charge in [0, 0.05) is 18.3 Å². The highest BCUT2D eigenvalue weighted by atomic mass is 16.6. The Bertz CT molecular complexity index is 476. The van der Waals surface area contributed by atoms with Crippen LogP contribution in [0.4, 0.5) is 5.69 Å². The van der Waals surface area contributed by atoms with Gasteiger partial charge in [-0.1, -0.05) is 0 Å². The molecule has 5 heteroatoms. The van der Waals surface area contributed by atoms with Crippen LogP contribution >= 0.6 is 0 Å². The highest BCUT2D eigenvalue weighted by Crippen LogP contribution is 2.34. The monoisotopic (exact) mass is 262 g/mol. The molecule has 0 aromatic heterocycles. The van der Waals surface area contributed by atoms with Crippen molar-refractivity contribution in [3.05, 3.63) is 18.2 Å². The number of hydrogen-bond acceptors (Lipinski definition) is 4. The number of benzene rings is 1. The van der Waals surface area contributed by atoms with Gasteiger partial charge in [-0.2, -0.15) is 0 Å². The summed E-state index contributed by atoms with van der Waals surface area (Å²) in [5.74, 6) is 1.59. The third kappa shape index (κ3) is 2.66. The van der Waals surface area contributed by atoms with Gasteiger partial charge in [0.15, 0.2) is 11.5 Å². The van der Waals surface area contributed by atoms with Crippen LogP contribution in [0.15, 0.2) is 18.2 Å². The second-order valence-electron chi connectivity index (χ2n) is 4.76. The molecule has 0 atom stereocenters. The lowest BCUT2D eigenvalue weighted by atomic mass is 10.2. The molecule has 1 N–H and O–H groups in total. The van der Waals surface area contributed by atoms with E-state index in [-0.39, 0.29) is 5.91 Å². The van der Waals surface area contributed by atoms with E-state index in [2.05, 4.69) is 5.32 Å². The van der Waals surface area contributed by atoms with E-state index in [0.717, 1.165) is 43.1 Å². The van der Waals surface area contributed by atoms with Crippen molar-refractivity contribution in [1.82, 2.24) is 5.32 Å². The van der Waals surface area contributed by atoms with Gasteiger partial charge in [-0.05, 0) is 31.5 Å². The number of anilines is 1. The third-order valence-electron chi connectivity index (χ3n) is 3.40. The van der Waals surface area contributed by atoms with Crippen molar-refractivity contribution in [1.29, 1.82) is 0 Å². The Morgan fingerprint density at radius 1 is 1.11 bits per heavy atom. The Hall–Kier alpha value is -1.75. The van der Waals surface area contributed by atoms with Crippen molar-refractivity contribution in [2.75, 3.05) is 37.7 Å². The average Bonchev–Trinajstić information content (AvgIpc) is 2.43. The predicted octanol–water partition coefficient (Wildman–Crippen LogP) is 1.17.